The van der Waals surface area contributed by atoms with Crippen molar-refractivity contribution in [3.63, 3.8) is 0 Å². The fourth-order valence-electron chi connectivity index (χ4n) is 1.40. The van der Waals surface area contributed by atoms with E-state index in [1.165, 1.54) is 6.92 Å². The number of rotatable bonds is 1. The van der Waals surface area contributed by atoms with Crippen molar-refractivity contribution in [2.45, 2.75) is 31.3 Å². The zero-order valence-corrected chi connectivity index (χ0v) is 7.82. The van der Waals surface area contributed by atoms with E-state index >= 15 is 0 Å². The van der Waals surface area contributed by atoms with Gasteiger partial charge in [0.15, 0.2) is 0 Å². The molecular formula is C6H10F3NO2S. The lowest BCUT2D eigenvalue weighted by Gasteiger charge is -2.21. The Hall–Kier alpha value is -0.300. The zero-order chi connectivity index (χ0) is 10.3. The molecule has 0 aromatic carbocycles. The first-order valence-corrected chi connectivity index (χ1v) is 5.29. The van der Waals surface area contributed by atoms with Gasteiger partial charge in [-0.2, -0.15) is 17.5 Å². The molecule has 1 aliphatic rings. The van der Waals surface area contributed by atoms with E-state index in [1.807, 2.05) is 0 Å². The van der Waals surface area contributed by atoms with Crippen LogP contribution in [0.1, 0.15) is 19.8 Å². The molecule has 3 nitrogen and oxygen atoms in total. The molecule has 0 unspecified atom stereocenters. The Kier molecular flexibility index (Phi) is 2.59. The van der Waals surface area contributed by atoms with Gasteiger partial charge >= 0.3 is 15.5 Å². The molecule has 13 heavy (non-hydrogen) atoms. The van der Waals surface area contributed by atoms with Crippen LogP contribution in [0.15, 0.2) is 0 Å². The van der Waals surface area contributed by atoms with Gasteiger partial charge in [-0.1, -0.05) is 0 Å². The largest absolute Gasteiger partial charge is 0.511 e. The van der Waals surface area contributed by atoms with Gasteiger partial charge in [0.2, 0.25) is 0 Å². The molecule has 0 radical (unpaired) electrons. The third-order valence-electron chi connectivity index (χ3n) is 2.09. The van der Waals surface area contributed by atoms with Crippen LogP contribution in [0.3, 0.4) is 0 Å². The second-order valence-electron chi connectivity index (χ2n) is 3.05. The lowest BCUT2D eigenvalue weighted by atomic mass is 10.3. The molecule has 0 spiro atoms. The SMILES string of the molecule is C[C@H]1CCCN1S(=O)(=O)C(F)(F)F. The van der Waals surface area contributed by atoms with E-state index in [0.29, 0.717) is 17.1 Å². The van der Waals surface area contributed by atoms with Crippen molar-refractivity contribution in [3.05, 3.63) is 0 Å². The molecule has 1 fully saturated rings. The maximum atomic E-state index is 12.0. The molecule has 0 bridgehead atoms. The summed E-state index contributed by atoms with van der Waals surface area (Å²) in [6.45, 7) is 1.46. The van der Waals surface area contributed by atoms with Crippen LogP contribution in [-0.2, 0) is 10.0 Å². The third-order valence-corrected chi connectivity index (χ3v) is 3.84. The van der Waals surface area contributed by atoms with Gasteiger partial charge in [0.1, 0.15) is 0 Å². The molecule has 0 saturated carbocycles. The van der Waals surface area contributed by atoms with Gasteiger partial charge in [-0.3, -0.25) is 0 Å². The maximum absolute atomic E-state index is 12.0. The van der Waals surface area contributed by atoms with E-state index in [9.17, 15) is 21.6 Å². The fraction of sp³-hybridized carbons (Fsp3) is 1.00. The van der Waals surface area contributed by atoms with E-state index in [-0.39, 0.29) is 6.54 Å². The Morgan fingerprint density at radius 3 is 2.23 bits per heavy atom. The second kappa shape index (κ2) is 3.13. The minimum absolute atomic E-state index is 0.0248. The van der Waals surface area contributed by atoms with E-state index in [2.05, 4.69) is 0 Å². The first-order chi connectivity index (χ1) is 5.77. The van der Waals surface area contributed by atoms with Crippen molar-refractivity contribution in [2.75, 3.05) is 6.54 Å². The van der Waals surface area contributed by atoms with Gasteiger partial charge in [-0.15, -0.1) is 0 Å². The Morgan fingerprint density at radius 2 is 1.92 bits per heavy atom. The summed E-state index contributed by atoms with van der Waals surface area (Å²) in [6.07, 6.45) is 0.992. The molecule has 0 aromatic heterocycles. The molecule has 0 N–H and O–H groups in total. The van der Waals surface area contributed by atoms with Gasteiger partial charge in [0.05, 0.1) is 0 Å². The van der Waals surface area contributed by atoms with Crippen molar-refractivity contribution in [1.82, 2.24) is 4.31 Å². The third kappa shape index (κ3) is 1.80. The minimum atomic E-state index is -5.16. The second-order valence-corrected chi connectivity index (χ2v) is 4.93. The minimum Gasteiger partial charge on any atom is -0.203 e. The Bertz CT molecular complexity index is 285. The summed E-state index contributed by atoms with van der Waals surface area (Å²) in [6, 6.07) is -0.536. The number of hydrogen-bond acceptors (Lipinski definition) is 2. The molecule has 7 heteroatoms. The number of hydrogen-bond donors (Lipinski definition) is 0. The highest BCUT2D eigenvalue weighted by Gasteiger charge is 2.52. The van der Waals surface area contributed by atoms with Crippen molar-refractivity contribution in [2.24, 2.45) is 0 Å². The summed E-state index contributed by atoms with van der Waals surface area (Å²) in [4.78, 5) is 0. The van der Waals surface area contributed by atoms with Crippen LogP contribution < -0.4 is 0 Å². The highest BCUT2D eigenvalue weighted by Crippen LogP contribution is 2.31. The molecule has 0 amide bonds. The van der Waals surface area contributed by atoms with Crippen LogP contribution in [-0.4, -0.2) is 30.8 Å². The first kappa shape index (κ1) is 10.8. The van der Waals surface area contributed by atoms with Gasteiger partial charge in [0, 0.05) is 12.6 Å². The molecular weight excluding hydrogens is 207 g/mol. The number of nitrogens with zero attached hydrogens (tertiary/aromatic N) is 1. The zero-order valence-electron chi connectivity index (χ0n) is 7.00. The van der Waals surface area contributed by atoms with Gasteiger partial charge in [-0.05, 0) is 19.8 Å². The quantitative estimate of drug-likeness (QED) is 0.664. The standard InChI is InChI=1S/C6H10F3NO2S/c1-5-3-2-4-10(5)13(11,12)6(7,8)9/h5H,2-4H2,1H3/t5-/m0/s1. The Morgan fingerprint density at radius 1 is 1.38 bits per heavy atom. The number of sulfonamides is 1. The van der Waals surface area contributed by atoms with E-state index in [1.54, 1.807) is 0 Å². The molecule has 0 aliphatic carbocycles. The summed E-state index contributed by atoms with van der Waals surface area (Å²) in [5, 5.41) is 0. The normalized spacial score (nSPS) is 26.6. The molecule has 0 aromatic rings. The highest BCUT2D eigenvalue weighted by atomic mass is 32.2. The molecule has 1 atom stereocenters. The maximum Gasteiger partial charge on any atom is 0.511 e. The Balaban J connectivity index is 2.94. The summed E-state index contributed by atoms with van der Waals surface area (Å²) in [7, 11) is -5.09. The van der Waals surface area contributed by atoms with Crippen LogP contribution in [0.2, 0.25) is 0 Å². The topological polar surface area (TPSA) is 37.4 Å². The highest BCUT2D eigenvalue weighted by molar-refractivity contribution is 7.90. The van der Waals surface area contributed by atoms with Gasteiger partial charge in [-0.25, -0.2) is 8.42 Å². The van der Waals surface area contributed by atoms with E-state index in [4.69, 9.17) is 0 Å². The predicted molar refractivity (Wildman–Crippen MR) is 40.4 cm³/mol. The summed E-state index contributed by atoms with van der Waals surface area (Å²) in [5.74, 6) is 0. The summed E-state index contributed by atoms with van der Waals surface area (Å²) in [5.41, 5.74) is -5.16. The van der Waals surface area contributed by atoms with Gasteiger partial charge in [0.25, 0.3) is 0 Å². The van der Waals surface area contributed by atoms with Crippen LogP contribution in [0.5, 0.6) is 0 Å². The van der Waals surface area contributed by atoms with Crippen LogP contribution in [0.25, 0.3) is 0 Å². The summed E-state index contributed by atoms with van der Waals surface area (Å²) < 4.78 is 58.3. The smallest absolute Gasteiger partial charge is 0.203 e. The molecule has 78 valence electrons. The lowest BCUT2D eigenvalue weighted by molar-refractivity contribution is -0.0491. The van der Waals surface area contributed by atoms with Crippen LogP contribution >= 0.6 is 0 Å². The van der Waals surface area contributed by atoms with Crippen LogP contribution in [0.4, 0.5) is 13.2 Å². The van der Waals surface area contributed by atoms with Crippen molar-refractivity contribution in [1.29, 1.82) is 0 Å². The van der Waals surface area contributed by atoms with E-state index < -0.39 is 21.6 Å². The van der Waals surface area contributed by atoms with Crippen LogP contribution in [0, 0.1) is 0 Å². The molecule has 1 heterocycles. The Labute approximate surface area is 74.6 Å². The average molecular weight is 217 g/mol. The van der Waals surface area contributed by atoms with Crippen molar-refractivity contribution >= 4 is 10.0 Å². The lowest BCUT2D eigenvalue weighted by Crippen LogP contribution is -2.42. The summed E-state index contributed by atoms with van der Waals surface area (Å²) >= 11 is 0. The average Bonchev–Trinajstić information content (AvgIpc) is 2.32. The number of halogens is 3. The fourth-order valence-corrected chi connectivity index (χ4v) is 2.61. The van der Waals surface area contributed by atoms with E-state index in [0.717, 1.165) is 0 Å². The molecule has 1 rings (SSSR count). The number of alkyl halides is 3. The molecule has 1 saturated heterocycles. The van der Waals surface area contributed by atoms with Crippen molar-refractivity contribution in [3.8, 4) is 0 Å². The monoisotopic (exact) mass is 217 g/mol. The van der Waals surface area contributed by atoms with Gasteiger partial charge < -0.3 is 0 Å². The van der Waals surface area contributed by atoms with Crippen molar-refractivity contribution < 1.29 is 21.6 Å². The predicted octanol–water partition coefficient (Wildman–Crippen LogP) is 1.32. The molecule has 1 aliphatic heterocycles. The first-order valence-electron chi connectivity index (χ1n) is 3.85.